The number of aromatic nitrogens is 1. The topological polar surface area (TPSA) is 28.2 Å². The van der Waals surface area contributed by atoms with E-state index in [0.29, 0.717) is 23.0 Å². The second-order valence-electron chi connectivity index (χ2n) is 6.85. The predicted octanol–water partition coefficient (Wildman–Crippen LogP) is 3.26. The molecule has 1 N–H and O–H groups in total. The van der Waals surface area contributed by atoms with Gasteiger partial charge >= 0.3 is 0 Å². The summed E-state index contributed by atoms with van der Waals surface area (Å²) in [7, 11) is 0.313. The third kappa shape index (κ3) is 2.86. The molecule has 0 aliphatic carbocycles. The molecule has 5 heteroatoms. The van der Waals surface area contributed by atoms with Crippen molar-refractivity contribution >= 4 is 38.1 Å². The van der Waals surface area contributed by atoms with Gasteiger partial charge in [-0.3, -0.25) is 10.9 Å². The average Bonchev–Trinajstić information content (AvgIpc) is 3.19. The zero-order valence-electron chi connectivity index (χ0n) is 13.3. The van der Waals surface area contributed by atoms with Gasteiger partial charge in [0.1, 0.15) is 0 Å². The van der Waals surface area contributed by atoms with E-state index >= 15 is 0 Å². The molecular formula is C17H25N3S2. The molecule has 120 valence electrons. The van der Waals surface area contributed by atoms with Crippen molar-refractivity contribution < 1.29 is 0 Å². The smallest absolute Gasteiger partial charge is 0.0813 e. The van der Waals surface area contributed by atoms with E-state index in [1.165, 1.54) is 34.7 Å². The number of hydrogen-bond donors (Lipinski definition) is 2. The van der Waals surface area contributed by atoms with Crippen molar-refractivity contribution in [3.8, 4) is 0 Å². The molecule has 3 nitrogen and oxygen atoms in total. The normalized spacial score (nSPS) is 33.8. The second kappa shape index (κ2) is 6.02. The molecule has 1 aromatic heterocycles. The highest BCUT2D eigenvalue weighted by molar-refractivity contribution is 8.16. The van der Waals surface area contributed by atoms with Gasteiger partial charge in [0.15, 0.2) is 0 Å². The molecule has 2 saturated heterocycles. The molecule has 2 aliphatic rings. The fraction of sp³-hybridized carbons (Fsp3) is 0.588. The monoisotopic (exact) mass is 335 g/mol. The Balaban J connectivity index is 1.46. The summed E-state index contributed by atoms with van der Waals surface area (Å²) in [5, 5.41) is 3.94. The second-order valence-corrected chi connectivity index (χ2v) is 10.3. The zero-order valence-corrected chi connectivity index (χ0v) is 15.0. The maximum Gasteiger partial charge on any atom is 0.0813 e. The molecule has 1 aromatic carbocycles. The Labute approximate surface area is 139 Å². The van der Waals surface area contributed by atoms with E-state index in [0.717, 1.165) is 18.1 Å². The lowest BCUT2D eigenvalue weighted by atomic mass is 10.1. The van der Waals surface area contributed by atoms with Crippen LogP contribution in [0.25, 0.3) is 10.2 Å². The summed E-state index contributed by atoms with van der Waals surface area (Å²) in [6.45, 7) is 3.50. The lowest BCUT2D eigenvalue weighted by molar-refractivity contribution is 0.467. The third-order valence-electron chi connectivity index (χ3n) is 5.08. The highest BCUT2D eigenvalue weighted by Gasteiger charge is 2.31. The maximum atomic E-state index is 4.39. The van der Waals surface area contributed by atoms with Gasteiger partial charge in [0, 0.05) is 30.4 Å². The first-order valence-electron chi connectivity index (χ1n) is 8.23. The predicted molar refractivity (Wildman–Crippen MR) is 101 cm³/mol. The van der Waals surface area contributed by atoms with Gasteiger partial charge in [-0.2, -0.15) is 0 Å². The van der Waals surface area contributed by atoms with Crippen molar-refractivity contribution in [1.29, 1.82) is 0 Å². The van der Waals surface area contributed by atoms with Crippen molar-refractivity contribution in [2.75, 3.05) is 29.2 Å². The van der Waals surface area contributed by atoms with Crippen LogP contribution in [-0.4, -0.2) is 47.4 Å². The van der Waals surface area contributed by atoms with Gasteiger partial charge < -0.3 is 10.2 Å². The number of rotatable bonds is 3. The molecule has 2 aromatic rings. The largest absolute Gasteiger partial charge is 0.367 e. The summed E-state index contributed by atoms with van der Waals surface area (Å²) in [5.74, 6) is 2.88. The van der Waals surface area contributed by atoms with E-state index in [9.17, 15) is 0 Å². The molecule has 2 fully saturated rings. The molecular weight excluding hydrogens is 310 g/mol. The summed E-state index contributed by atoms with van der Waals surface area (Å²) >= 11 is 1.74. The Morgan fingerprint density at radius 1 is 1.36 bits per heavy atom. The first-order chi connectivity index (χ1) is 10.7. The van der Waals surface area contributed by atoms with Crippen LogP contribution in [0.2, 0.25) is 0 Å². The molecule has 0 spiro atoms. The Bertz CT molecular complexity index is 656. The molecule has 4 atom stereocenters. The number of anilines is 1. The fourth-order valence-corrected chi connectivity index (χ4v) is 6.62. The van der Waals surface area contributed by atoms with E-state index in [1.54, 1.807) is 11.3 Å². The SMILES string of the molecule is CC1CC(NC2CC[SH](C)C2)CN1c1ccc2ncsc2c1. The van der Waals surface area contributed by atoms with E-state index in [1.807, 2.05) is 5.51 Å². The molecule has 0 amide bonds. The van der Waals surface area contributed by atoms with Crippen molar-refractivity contribution in [1.82, 2.24) is 10.3 Å². The summed E-state index contributed by atoms with van der Waals surface area (Å²) in [5.41, 5.74) is 4.42. The number of hydrogen-bond acceptors (Lipinski definition) is 4. The van der Waals surface area contributed by atoms with Crippen LogP contribution >= 0.6 is 22.2 Å². The Kier molecular flexibility index (Phi) is 4.05. The van der Waals surface area contributed by atoms with Gasteiger partial charge in [-0.15, -0.1) is 11.3 Å². The van der Waals surface area contributed by atoms with Crippen LogP contribution in [0.4, 0.5) is 5.69 Å². The van der Waals surface area contributed by atoms with Crippen LogP contribution in [0, 0.1) is 0 Å². The van der Waals surface area contributed by atoms with E-state index in [4.69, 9.17) is 0 Å². The number of thiol groups is 1. The standard InChI is InChI=1S/C17H25N3S2/c1-12-7-14(19-13-5-6-22(2)10-13)9-20(12)15-3-4-16-17(8-15)21-11-18-16/h3-4,8,11-14,19,22H,5-7,9-10H2,1-2H3. The number of fused-ring (bicyclic) bond motifs is 1. The summed E-state index contributed by atoms with van der Waals surface area (Å²) in [4.78, 5) is 6.96. The van der Waals surface area contributed by atoms with E-state index in [-0.39, 0.29) is 0 Å². The fourth-order valence-electron chi connectivity index (χ4n) is 3.94. The first kappa shape index (κ1) is 14.8. The first-order valence-corrected chi connectivity index (χ1v) is 11.3. The van der Waals surface area contributed by atoms with Crippen LogP contribution < -0.4 is 10.2 Å². The van der Waals surface area contributed by atoms with Gasteiger partial charge in [0.25, 0.3) is 0 Å². The minimum absolute atomic E-state index is 0.313. The van der Waals surface area contributed by atoms with E-state index < -0.39 is 0 Å². The van der Waals surface area contributed by atoms with Crippen LogP contribution in [0.5, 0.6) is 0 Å². The summed E-state index contributed by atoms with van der Waals surface area (Å²) in [6, 6.07) is 8.76. The highest BCUT2D eigenvalue weighted by atomic mass is 32.2. The van der Waals surface area contributed by atoms with Crippen LogP contribution in [0.15, 0.2) is 23.7 Å². The number of benzene rings is 1. The Morgan fingerprint density at radius 3 is 3.09 bits per heavy atom. The van der Waals surface area contributed by atoms with Gasteiger partial charge in [0.2, 0.25) is 0 Å². The minimum atomic E-state index is 0.313. The van der Waals surface area contributed by atoms with Crippen molar-refractivity contribution in [2.45, 2.75) is 37.9 Å². The van der Waals surface area contributed by atoms with E-state index in [2.05, 4.69) is 46.6 Å². The summed E-state index contributed by atoms with van der Waals surface area (Å²) in [6.07, 6.45) is 5.10. The quantitative estimate of drug-likeness (QED) is 0.844. The molecule has 0 bridgehead atoms. The average molecular weight is 336 g/mol. The molecule has 3 heterocycles. The van der Waals surface area contributed by atoms with Gasteiger partial charge in [-0.1, -0.05) is 0 Å². The molecule has 22 heavy (non-hydrogen) atoms. The number of nitrogens with one attached hydrogen (secondary N) is 1. The van der Waals surface area contributed by atoms with Crippen molar-refractivity contribution in [2.24, 2.45) is 0 Å². The maximum absolute atomic E-state index is 4.39. The van der Waals surface area contributed by atoms with Gasteiger partial charge in [0.05, 0.1) is 15.7 Å². The van der Waals surface area contributed by atoms with Crippen molar-refractivity contribution in [3.63, 3.8) is 0 Å². The minimum Gasteiger partial charge on any atom is -0.367 e. The molecule has 4 rings (SSSR count). The van der Waals surface area contributed by atoms with Crippen LogP contribution in [0.1, 0.15) is 19.8 Å². The van der Waals surface area contributed by atoms with Crippen LogP contribution in [0.3, 0.4) is 0 Å². The lowest BCUT2D eigenvalue weighted by Crippen LogP contribution is -2.40. The summed E-state index contributed by atoms with van der Waals surface area (Å²) < 4.78 is 1.30. The molecule has 2 aliphatic heterocycles. The lowest BCUT2D eigenvalue weighted by Gasteiger charge is -2.24. The van der Waals surface area contributed by atoms with Crippen molar-refractivity contribution in [3.05, 3.63) is 23.7 Å². The highest BCUT2D eigenvalue weighted by Crippen LogP contribution is 2.33. The number of nitrogens with zero attached hydrogens (tertiary/aromatic N) is 2. The van der Waals surface area contributed by atoms with Crippen LogP contribution in [-0.2, 0) is 0 Å². The third-order valence-corrected chi connectivity index (χ3v) is 7.96. The molecule has 0 radical (unpaired) electrons. The Hall–Kier alpha value is -0.780. The molecule has 0 saturated carbocycles. The number of thiazole rings is 1. The van der Waals surface area contributed by atoms with Gasteiger partial charge in [-0.25, -0.2) is 4.98 Å². The molecule has 4 unspecified atom stereocenters. The Morgan fingerprint density at radius 2 is 2.27 bits per heavy atom. The van der Waals surface area contributed by atoms with Gasteiger partial charge in [-0.05, 0) is 55.7 Å². The zero-order chi connectivity index (χ0) is 15.1.